The zero-order chi connectivity index (χ0) is 17.3. The summed E-state index contributed by atoms with van der Waals surface area (Å²) in [5.41, 5.74) is 3.07. The Morgan fingerprint density at radius 2 is 1.50 bits per heavy atom. The van der Waals surface area contributed by atoms with Crippen LogP contribution in [0.1, 0.15) is 31.1 Å². The van der Waals surface area contributed by atoms with Crippen LogP contribution in [0.15, 0.2) is 42.5 Å². The molecule has 0 saturated carbocycles. The summed E-state index contributed by atoms with van der Waals surface area (Å²) in [5, 5.41) is 0.712. The molecule has 0 atom stereocenters. The lowest BCUT2D eigenvalue weighted by molar-refractivity contribution is 0.0518. The van der Waals surface area contributed by atoms with Crippen molar-refractivity contribution in [2.75, 3.05) is 14.2 Å². The number of hydrazine groups is 1. The van der Waals surface area contributed by atoms with Gasteiger partial charge in [0.25, 0.3) is 17.7 Å². The van der Waals surface area contributed by atoms with Crippen LogP contribution in [0, 0.1) is 0 Å². The number of rotatable bonds is 4. The molecule has 3 rings (SSSR count). The van der Waals surface area contributed by atoms with E-state index < -0.39 is 17.7 Å². The standard InChI is InChI=1S/C17H14N2O5/c1-23-13-8-7-10(9-14(13)24-2)15(20)18-19-16(21)11-5-3-4-6-12(11)17(19)22/h3-9H,1-2H3,(H,18,20). The van der Waals surface area contributed by atoms with Crippen LogP contribution in [0.4, 0.5) is 0 Å². The van der Waals surface area contributed by atoms with Crippen LogP contribution in [0.3, 0.4) is 0 Å². The summed E-state index contributed by atoms with van der Waals surface area (Å²) in [6, 6.07) is 10.9. The molecule has 0 aliphatic carbocycles. The minimum Gasteiger partial charge on any atom is -0.493 e. The van der Waals surface area contributed by atoms with Crippen LogP contribution < -0.4 is 14.9 Å². The first-order chi connectivity index (χ1) is 11.6. The van der Waals surface area contributed by atoms with Crippen LogP contribution in [0.2, 0.25) is 0 Å². The third kappa shape index (κ3) is 2.45. The molecule has 0 unspecified atom stereocenters. The number of carbonyl (C=O) groups is 3. The molecule has 1 heterocycles. The molecule has 1 aliphatic rings. The molecule has 7 heteroatoms. The second-order valence-electron chi connectivity index (χ2n) is 5.00. The number of carbonyl (C=O) groups excluding carboxylic acids is 3. The van der Waals surface area contributed by atoms with E-state index in [4.69, 9.17) is 9.47 Å². The molecule has 0 aromatic heterocycles. The number of fused-ring (bicyclic) bond motifs is 1. The zero-order valence-electron chi connectivity index (χ0n) is 13.0. The second-order valence-corrected chi connectivity index (χ2v) is 5.00. The van der Waals surface area contributed by atoms with Crippen molar-refractivity contribution in [3.63, 3.8) is 0 Å². The number of hydrogen-bond donors (Lipinski definition) is 1. The van der Waals surface area contributed by atoms with E-state index in [0.717, 1.165) is 0 Å². The summed E-state index contributed by atoms with van der Waals surface area (Å²) in [5.74, 6) is -0.901. The van der Waals surface area contributed by atoms with Gasteiger partial charge in [0, 0.05) is 5.56 Å². The Balaban J connectivity index is 1.84. The highest BCUT2D eigenvalue weighted by Gasteiger charge is 2.36. The third-order valence-electron chi connectivity index (χ3n) is 3.65. The van der Waals surface area contributed by atoms with Gasteiger partial charge in [-0.3, -0.25) is 19.8 Å². The van der Waals surface area contributed by atoms with Crippen molar-refractivity contribution in [2.24, 2.45) is 0 Å². The minimum atomic E-state index is -0.606. The Morgan fingerprint density at radius 1 is 0.917 bits per heavy atom. The Bertz CT molecular complexity index is 812. The maximum Gasteiger partial charge on any atom is 0.280 e. The highest BCUT2D eigenvalue weighted by molar-refractivity contribution is 6.22. The van der Waals surface area contributed by atoms with Crippen LogP contribution in [0.25, 0.3) is 0 Å². The number of ether oxygens (including phenoxy) is 2. The highest BCUT2D eigenvalue weighted by Crippen LogP contribution is 2.28. The van der Waals surface area contributed by atoms with Gasteiger partial charge in [-0.25, -0.2) is 0 Å². The number of nitrogens with zero attached hydrogens (tertiary/aromatic N) is 1. The number of amides is 3. The van der Waals surface area contributed by atoms with Crippen LogP contribution in [-0.4, -0.2) is 37.0 Å². The highest BCUT2D eigenvalue weighted by atomic mass is 16.5. The number of benzene rings is 2. The first kappa shape index (κ1) is 15.5. The van der Waals surface area contributed by atoms with Gasteiger partial charge < -0.3 is 9.47 Å². The first-order valence-corrected chi connectivity index (χ1v) is 7.07. The second kappa shape index (κ2) is 6.04. The SMILES string of the molecule is COc1ccc(C(=O)NN2C(=O)c3ccccc3C2=O)cc1OC. The lowest BCUT2D eigenvalue weighted by Crippen LogP contribution is -2.45. The maximum absolute atomic E-state index is 12.4. The number of hydrogen-bond acceptors (Lipinski definition) is 5. The van der Waals surface area contributed by atoms with E-state index >= 15 is 0 Å². The van der Waals surface area contributed by atoms with Gasteiger partial charge in [0.15, 0.2) is 11.5 Å². The van der Waals surface area contributed by atoms with Crippen LogP contribution >= 0.6 is 0 Å². The van der Waals surface area contributed by atoms with E-state index in [2.05, 4.69) is 5.43 Å². The zero-order valence-corrected chi connectivity index (χ0v) is 13.0. The van der Waals surface area contributed by atoms with Crippen molar-refractivity contribution >= 4 is 17.7 Å². The van der Waals surface area contributed by atoms with Crippen molar-refractivity contribution in [2.45, 2.75) is 0 Å². The summed E-state index contributed by atoms with van der Waals surface area (Å²) in [7, 11) is 2.93. The molecule has 1 aliphatic heterocycles. The molecule has 0 fully saturated rings. The average Bonchev–Trinajstić information content (AvgIpc) is 2.86. The molecular weight excluding hydrogens is 312 g/mol. The molecule has 0 spiro atoms. The van der Waals surface area contributed by atoms with Gasteiger partial charge in [-0.2, -0.15) is 5.01 Å². The molecule has 1 N–H and O–H groups in total. The first-order valence-electron chi connectivity index (χ1n) is 7.07. The normalized spacial score (nSPS) is 12.8. The average molecular weight is 326 g/mol. The largest absolute Gasteiger partial charge is 0.493 e. The number of methoxy groups -OCH3 is 2. The smallest absolute Gasteiger partial charge is 0.280 e. The third-order valence-corrected chi connectivity index (χ3v) is 3.65. The van der Waals surface area contributed by atoms with E-state index in [-0.39, 0.29) is 16.7 Å². The molecule has 122 valence electrons. The molecule has 2 aromatic rings. The molecular formula is C17H14N2O5. The van der Waals surface area contributed by atoms with Gasteiger partial charge in [-0.05, 0) is 30.3 Å². The Morgan fingerprint density at radius 3 is 2.04 bits per heavy atom. The van der Waals surface area contributed by atoms with Crippen LogP contribution in [0.5, 0.6) is 11.5 Å². The van der Waals surface area contributed by atoms with Gasteiger partial charge in [0.1, 0.15) is 0 Å². The summed E-state index contributed by atoms with van der Waals surface area (Å²) < 4.78 is 10.2. The van der Waals surface area contributed by atoms with Crippen molar-refractivity contribution in [3.05, 3.63) is 59.2 Å². The van der Waals surface area contributed by atoms with Gasteiger partial charge in [-0.1, -0.05) is 12.1 Å². The van der Waals surface area contributed by atoms with Crippen LogP contribution in [-0.2, 0) is 0 Å². The van der Waals surface area contributed by atoms with Gasteiger partial charge in [0.05, 0.1) is 25.3 Å². The summed E-state index contributed by atoms with van der Waals surface area (Å²) >= 11 is 0. The van der Waals surface area contributed by atoms with Gasteiger partial charge >= 0.3 is 0 Å². The predicted molar refractivity (Wildman–Crippen MR) is 84.0 cm³/mol. The summed E-state index contributed by atoms with van der Waals surface area (Å²) in [6.45, 7) is 0. The molecule has 0 bridgehead atoms. The van der Waals surface area contributed by atoms with Gasteiger partial charge in [-0.15, -0.1) is 0 Å². The molecule has 0 saturated heterocycles. The number of nitrogens with one attached hydrogen (secondary N) is 1. The van der Waals surface area contributed by atoms with Crippen molar-refractivity contribution in [1.29, 1.82) is 0 Å². The number of imide groups is 1. The van der Waals surface area contributed by atoms with E-state index in [1.807, 2.05) is 0 Å². The summed E-state index contributed by atoms with van der Waals surface area (Å²) in [6.07, 6.45) is 0. The van der Waals surface area contributed by atoms with E-state index in [9.17, 15) is 14.4 Å². The monoisotopic (exact) mass is 326 g/mol. The van der Waals surface area contributed by atoms with Crippen molar-refractivity contribution in [3.8, 4) is 11.5 Å². The topological polar surface area (TPSA) is 84.9 Å². The Labute approximate surface area is 137 Å². The Hall–Kier alpha value is -3.35. The fourth-order valence-electron chi connectivity index (χ4n) is 2.43. The molecule has 2 aromatic carbocycles. The minimum absolute atomic E-state index is 0.226. The van der Waals surface area contributed by atoms with E-state index in [1.54, 1.807) is 18.2 Å². The molecule has 0 radical (unpaired) electrons. The molecule has 7 nitrogen and oxygen atoms in total. The molecule has 3 amide bonds. The lowest BCUT2D eigenvalue weighted by Gasteiger charge is -2.15. The van der Waals surface area contributed by atoms with Gasteiger partial charge in [0.2, 0.25) is 0 Å². The fraction of sp³-hybridized carbons (Fsp3) is 0.118. The summed E-state index contributed by atoms with van der Waals surface area (Å²) in [4.78, 5) is 36.8. The lowest BCUT2D eigenvalue weighted by atomic mass is 10.1. The van der Waals surface area contributed by atoms with Crippen molar-refractivity contribution < 1.29 is 23.9 Å². The quantitative estimate of drug-likeness (QED) is 0.864. The van der Waals surface area contributed by atoms with E-state index in [0.29, 0.717) is 16.5 Å². The predicted octanol–water partition coefficient (Wildman–Crippen LogP) is 1.64. The maximum atomic E-state index is 12.4. The fourth-order valence-corrected chi connectivity index (χ4v) is 2.43. The Kier molecular flexibility index (Phi) is 3.91. The van der Waals surface area contributed by atoms with Crippen molar-refractivity contribution in [1.82, 2.24) is 10.4 Å². The molecule has 24 heavy (non-hydrogen) atoms. The van der Waals surface area contributed by atoms with E-state index in [1.165, 1.54) is 38.5 Å².